The van der Waals surface area contributed by atoms with Gasteiger partial charge in [0.1, 0.15) is 5.75 Å². The maximum absolute atomic E-state index is 12.2. The molecule has 0 saturated heterocycles. The van der Waals surface area contributed by atoms with Crippen LogP contribution in [0.4, 0.5) is 0 Å². The molecule has 0 radical (unpaired) electrons. The summed E-state index contributed by atoms with van der Waals surface area (Å²) in [5.41, 5.74) is 2.75. The van der Waals surface area contributed by atoms with Gasteiger partial charge in [0.25, 0.3) is 0 Å². The van der Waals surface area contributed by atoms with Crippen LogP contribution in [0.3, 0.4) is 0 Å². The number of fused-ring (bicyclic) bond motifs is 1. The van der Waals surface area contributed by atoms with E-state index in [0.29, 0.717) is 11.3 Å². The predicted molar refractivity (Wildman–Crippen MR) is 109 cm³/mol. The molecule has 0 unspecified atom stereocenters. The van der Waals surface area contributed by atoms with Crippen LogP contribution in [0.5, 0.6) is 5.75 Å². The smallest absolute Gasteiger partial charge is 0.343 e. The van der Waals surface area contributed by atoms with Gasteiger partial charge in [-0.1, -0.05) is 48.6 Å². The minimum atomic E-state index is -0.355. The highest BCUT2D eigenvalue weighted by molar-refractivity contribution is 5.92. The van der Waals surface area contributed by atoms with Crippen molar-refractivity contribution in [1.29, 1.82) is 0 Å². The predicted octanol–water partition coefficient (Wildman–Crippen LogP) is 5.62. The van der Waals surface area contributed by atoms with Crippen molar-refractivity contribution in [2.75, 3.05) is 0 Å². The van der Waals surface area contributed by atoms with Crippen molar-refractivity contribution in [3.05, 3.63) is 108 Å². The number of hydrogen-bond acceptors (Lipinski definition) is 3. The molecule has 0 aliphatic rings. The molecule has 0 spiro atoms. The van der Waals surface area contributed by atoms with Gasteiger partial charge < -0.3 is 4.74 Å². The maximum Gasteiger partial charge on any atom is 0.343 e. The maximum atomic E-state index is 12.2. The number of hydrogen-bond donors (Lipinski definition) is 0. The largest absolute Gasteiger partial charge is 0.423 e. The van der Waals surface area contributed by atoms with Crippen molar-refractivity contribution in [3.8, 4) is 5.75 Å². The van der Waals surface area contributed by atoms with Crippen LogP contribution in [0.15, 0.2) is 91.3 Å². The molecule has 3 nitrogen and oxygen atoms in total. The summed E-state index contributed by atoms with van der Waals surface area (Å²) in [6, 6.07) is 24.8. The standard InChI is InChI=1S/C24H17NO2/c26-24(20-4-2-1-3-5-20)27-23-11-10-21-16-19(8-9-22(21)17-23)7-6-18-12-14-25-15-13-18/h1-17H/b7-6+. The van der Waals surface area contributed by atoms with Gasteiger partial charge in [0.15, 0.2) is 0 Å². The van der Waals surface area contributed by atoms with Gasteiger partial charge in [-0.3, -0.25) is 4.98 Å². The molecule has 4 rings (SSSR count). The molecule has 0 fully saturated rings. The highest BCUT2D eigenvalue weighted by Gasteiger charge is 2.08. The van der Waals surface area contributed by atoms with Gasteiger partial charge in [0.05, 0.1) is 5.56 Å². The van der Waals surface area contributed by atoms with Crippen molar-refractivity contribution in [2.45, 2.75) is 0 Å². The van der Waals surface area contributed by atoms with E-state index in [1.54, 1.807) is 24.5 Å². The SMILES string of the molecule is O=C(Oc1ccc2cc(/C=C/c3ccncc3)ccc2c1)c1ccccc1. The molecule has 3 aromatic carbocycles. The number of rotatable bonds is 4. The van der Waals surface area contributed by atoms with Gasteiger partial charge in [-0.2, -0.15) is 0 Å². The molecule has 1 aromatic heterocycles. The van der Waals surface area contributed by atoms with Crippen LogP contribution in [0.25, 0.3) is 22.9 Å². The first-order valence-electron chi connectivity index (χ1n) is 8.67. The Morgan fingerprint density at radius 2 is 1.44 bits per heavy atom. The first-order chi connectivity index (χ1) is 13.3. The summed E-state index contributed by atoms with van der Waals surface area (Å²) in [5.74, 6) is 0.184. The summed E-state index contributed by atoms with van der Waals surface area (Å²) in [7, 11) is 0. The third-order valence-electron chi connectivity index (χ3n) is 4.23. The Morgan fingerprint density at radius 1 is 0.741 bits per heavy atom. The molecule has 4 aromatic rings. The van der Waals surface area contributed by atoms with E-state index < -0.39 is 0 Å². The van der Waals surface area contributed by atoms with Gasteiger partial charge in [-0.15, -0.1) is 0 Å². The van der Waals surface area contributed by atoms with Crippen molar-refractivity contribution < 1.29 is 9.53 Å². The Morgan fingerprint density at radius 3 is 2.26 bits per heavy atom. The van der Waals surface area contributed by atoms with Gasteiger partial charge in [0, 0.05) is 12.4 Å². The first kappa shape index (κ1) is 16.7. The lowest BCUT2D eigenvalue weighted by molar-refractivity contribution is 0.0735. The van der Waals surface area contributed by atoms with E-state index in [0.717, 1.165) is 21.9 Å². The number of aromatic nitrogens is 1. The molecule has 0 bridgehead atoms. The number of benzene rings is 3. The van der Waals surface area contributed by atoms with Crippen LogP contribution in [-0.4, -0.2) is 11.0 Å². The number of pyridine rings is 1. The van der Waals surface area contributed by atoms with Gasteiger partial charge in [-0.25, -0.2) is 4.79 Å². The van der Waals surface area contributed by atoms with E-state index in [9.17, 15) is 4.79 Å². The first-order valence-corrected chi connectivity index (χ1v) is 8.67. The Bertz CT molecular complexity index is 1100. The molecular formula is C24H17NO2. The van der Waals surface area contributed by atoms with E-state index >= 15 is 0 Å². The number of ether oxygens (including phenoxy) is 1. The second-order valence-corrected chi connectivity index (χ2v) is 6.14. The zero-order valence-electron chi connectivity index (χ0n) is 14.6. The molecule has 130 valence electrons. The van der Waals surface area contributed by atoms with E-state index in [-0.39, 0.29) is 5.97 Å². The summed E-state index contributed by atoms with van der Waals surface area (Å²) in [4.78, 5) is 16.2. The van der Waals surface area contributed by atoms with Crippen LogP contribution in [0, 0.1) is 0 Å². The Balaban J connectivity index is 1.53. The number of carbonyl (C=O) groups is 1. The highest BCUT2D eigenvalue weighted by Crippen LogP contribution is 2.23. The molecule has 27 heavy (non-hydrogen) atoms. The summed E-state index contributed by atoms with van der Waals surface area (Å²) < 4.78 is 5.49. The molecular weight excluding hydrogens is 334 g/mol. The van der Waals surface area contributed by atoms with Crippen LogP contribution < -0.4 is 4.74 Å². The Labute approximate surface area is 157 Å². The van der Waals surface area contributed by atoms with Crippen LogP contribution in [-0.2, 0) is 0 Å². The lowest BCUT2D eigenvalue weighted by atomic mass is 10.1. The van der Waals surface area contributed by atoms with Crippen molar-refractivity contribution in [3.63, 3.8) is 0 Å². The van der Waals surface area contributed by atoms with Crippen molar-refractivity contribution in [2.24, 2.45) is 0 Å². The van der Waals surface area contributed by atoms with Crippen molar-refractivity contribution >= 4 is 28.9 Å². The average Bonchev–Trinajstić information content (AvgIpc) is 2.73. The Hall–Kier alpha value is -3.72. The minimum absolute atomic E-state index is 0.355. The van der Waals surface area contributed by atoms with Crippen LogP contribution in [0.2, 0.25) is 0 Å². The highest BCUT2D eigenvalue weighted by atomic mass is 16.5. The summed E-state index contributed by atoms with van der Waals surface area (Å²) in [6.45, 7) is 0. The summed E-state index contributed by atoms with van der Waals surface area (Å²) >= 11 is 0. The molecule has 0 amide bonds. The van der Waals surface area contributed by atoms with E-state index in [4.69, 9.17) is 4.74 Å². The summed E-state index contributed by atoms with van der Waals surface area (Å²) in [6.07, 6.45) is 7.67. The lowest BCUT2D eigenvalue weighted by Gasteiger charge is -2.06. The van der Waals surface area contributed by atoms with E-state index in [2.05, 4.69) is 23.2 Å². The molecule has 3 heteroatoms. The average molecular weight is 351 g/mol. The van der Waals surface area contributed by atoms with Crippen LogP contribution in [0.1, 0.15) is 21.5 Å². The Kier molecular flexibility index (Phi) is 4.75. The second kappa shape index (κ2) is 7.67. The molecule has 0 aliphatic carbocycles. The fourth-order valence-corrected chi connectivity index (χ4v) is 2.82. The monoisotopic (exact) mass is 351 g/mol. The van der Waals surface area contributed by atoms with Crippen molar-refractivity contribution in [1.82, 2.24) is 4.98 Å². The van der Waals surface area contributed by atoms with E-state index in [1.807, 2.05) is 60.7 Å². The fraction of sp³-hybridized carbons (Fsp3) is 0. The number of carbonyl (C=O) groups excluding carboxylic acids is 1. The fourth-order valence-electron chi connectivity index (χ4n) is 2.82. The van der Waals surface area contributed by atoms with Gasteiger partial charge >= 0.3 is 5.97 Å². The number of esters is 1. The normalized spacial score (nSPS) is 11.0. The topological polar surface area (TPSA) is 39.2 Å². The summed E-state index contributed by atoms with van der Waals surface area (Å²) in [5, 5.41) is 2.11. The zero-order chi connectivity index (χ0) is 18.5. The third kappa shape index (κ3) is 4.10. The molecule has 0 atom stereocenters. The quantitative estimate of drug-likeness (QED) is 0.354. The third-order valence-corrected chi connectivity index (χ3v) is 4.23. The van der Waals surface area contributed by atoms with E-state index in [1.165, 1.54) is 0 Å². The molecule has 1 heterocycles. The second-order valence-electron chi connectivity index (χ2n) is 6.14. The molecule has 0 aliphatic heterocycles. The molecule has 0 N–H and O–H groups in total. The minimum Gasteiger partial charge on any atom is -0.423 e. The zero-order valence-corrected chi connectivity index (χ0v) is 14.6. The van der Waals surface area contributed by atoms with Gasteiger partial charge in [-0.05, 0) is 64.4 Å². The number of nitrogens with zero attached hydrogens (tertiary/aromatic N) is 1. The molecule has 0 saturated carbocycles. The van der Waals surface area contributed by atoms with Gasteiger partial charge in [0.2, 0.25) is 0 Å². The lowest BCUT2D eigenvalue weighted by Crippen LogP contribution is -2.07. The van der Waals surface area contributed by atoms with Crippen LogP contribution >= 0.6 is 0 Å².